The van der Waals surface area contributed by atoms with Gasteiger partial charge in [0.1, 0.15) is 0 Å². The molecule has 2 N–H and O–H groups in total. The molecule has 0 rings (SSSR count). The molecule has 0 aromatic rings. The second-order valence-electron chi connectivity index (χ2n) is 1.81. The van der Waals surface area contributed by atoms with E-state index in [4.69, 9.17) is 5.73 Å². The van der Waals surface area contributed by atoms with Gasteiger partial charge in [0.25, 0.3) is 0 Å². The average molecular weight is 139 g/mol. The van der Waals surface area contributed by atoms with Crippen LogP contribution in [0.1, 0.15) is 6.92 Å². The summed E-state index contributed by atoms with van der Waals surface area (Å²) in [4.78, 5) is 0. The summed E-state index contributed by atoms with van der Waals surface area (Å²) in [7, 11) is 0. The van der Waals surface area contributed by atoms with Crippen molar-refractivity contribution in [3.63, 3.8) is 0 Å². The Morgan fingerprint density at radius 3 is 1.89 bits per heavy atom. The molecule has 0 aromatic heterocycles. The maximum absolute atomic E-state index is 11.5. The minimum absolute atomic E-state index is 0.887. The second-order valence-corrected chi connectivity index (χ2v) is 1.81. The fourth-order valence-electron chi connectivity index (χ4n) is 0.258. The third-order valence-electron chi connectivity index (χ3n) is 0.914. The standard InChI is InChI=1S/C5H8F3N/c1-3(4(2)9)5(6,7)8/h4H,1,9H2,2H3. The van der Waals surface area contributed by atoms with Gasteiger partial charge in [-0.25, -0.2) is 0 Å². The molecule has 0 aliphatic carbocycles. The van der Waals surface area contributed by atoms with Crippen LogP contribution in [0.25, 0.3) is 0 Å². The summed E-state index contributed by atoms with van der Waals surface area (Å²) in [6.45, 7) is 4.02. The lowest BCUT2D eigenvalue weighted by atomic mass is 10.1. The molecular formula is C5H8F3N. The predicted molar refractivity (Wildman–Crippen MR) is 28.8 cm³/mol. The summed E-state index contributed by atoms with van der Waals surface area (Å²) < 4.78 is 34.6. The van der Waals surface area contributed by atoms with E-state index in [2.05, 4.69) is 6.58 Å². The Bertz CT molecular complexity index is 114. The zero-order valence-electron chi connectivity index (χ0n) is 5.00. The van der Waals surface area contributed by atoms with Crippen LogP contribution in [-0.2, 0) is 0 Å². The topological polar surface area (TPSA) is 26.0 Å². The number of hydrogen-bond donors (Lipinski definition) is 1. The Kier molecular flexibility index (Phi) is 2.25. The summed E-state index contributed by atoms with van der Waals surface area (Å²) in [5, 5.41) is 0. The van der Waals surface area contributed by atoms with Gasteiger partial charge >= 0.3 is 6.18 Å². The maximum Gasteiger partial charge on any atom is 0.413 e. The largest absolute Gasteiger partial charge is 0.413 e. The molecule has 9 heavy (non-hydrogen) atoms. The molecule has 0 fully saturated rings. The van der Waals surface area contributed by atoms with Crippen molar-refractivity contribution in [3.8, 4) is 0 Å². The molecule has 0 aromatic carbocycles. The van der Waals surface area contributed by atoms with Gasteiger partial charge in [0, 0.05) is 11.6 Å². The quantitative estimate of drug-likeness (QED) is 0.546. The molecule has 1 nitrogen and oxygen atoms in total. The van der Waals surface area contributed by atoms with Gasteiger partial charge in [-0.15, -0.1) is 0 Å². The molecule has 54 valence electrons. The Hall–Kier alpha value is -0.510. The lowest BCUT2D eigenvalue weighted by Gasteiger charge is -2.11. The van der Waals surface area contributed by atoms with Crippen LogP contribution >= 0.6 is 0 Å². The van der Waals surface area contributed by atoms with Crippen molar-refractivity contribution < 1.29 is 13.2 Å². The van der Waals surface area contributed by atoms with Crippen molar-refractivity contribution in [1.29, 1.82) is 0 Å². The van der Waals surface area contributed by atoms with E-state index >= 15 is 0 Å². The van der Waals surface area contributed by atoms with Crippen LogP contribution < -0.4 is 5.73 Å². The first-order valence-electron chi connectivity index (χ1n) is 2.37. The van der Waals surface area contributed by atoms with Crippen LogP contribution in [0.15, 0.2) is 12.2 Å². The maximum atomic E-state index is 11.5. The van der Waals surface area contributed by atoms with Gasteiger partial charge in [0.05, 0.1) is 0 Å². The second kappa shape index (κ2) is 2.39. The summed E-state index contributed by atoms with van der Waals surface area (Å²) in [6, 6.07) is -1.01. The Labute approximate surface area is 51.3 Å². The molecule has 1 unspecified atom stereocenters. The number of alkyl halides is 3. The third-order valence-corrected chi connectivity index (χ3v) is 0.914. The highest BCUT2D eigenvalue weighted by molar-refractivity contribution is 5.08. The monoisotopic (exact) mass is 139 g/mol. The Morgan fingerprint density at radius 2 is 1.89 bits per heavy atom. The lowest BCUT2D eigenvalue weighted by Crippen LogP contribution is -2.27. The van der Waals surface area contributed by atoms with Crippen molar-refractivity contribution in [2.75, 3.05) is 0 Å². The highest BCUT2D eigenvalue weighted by atomic mass is 19.4. The zero-order chi connectivity index (χ0) is 7.65. The highest BCUT2D eigenvalue weighted by Gasteiger charge is 2.33. The molecule has 0 saturated carbocycles. The first kappa shape index (κ1) is 8.49. The third kappa shape index (κ3) is 2.51. The minimum Gasteiger partial charge on any atom is -0.324 e. The van der Waals surface area contributed by atoms with Crippen molar-refractivity contribution in [2.45, 2.75) is 19.1 Å². The zero-order valence-corrected chi connectivity index (χ0v) is 5.00. The van der Waals surface area contributed by atoms with E-state index in [1.807, 2.05) is 0 Å². The van der Waals surface area contributed by atoms with Gasteiger partial charge in [-0.3, -0.25) is 0 Å². The molecule has 0 aliphatic rings. The number of hydrogen-bond acceptors (Lipinski definition) is 1. The smallest absolute Gasteiger partial charge is 0.324 e. The molecule has 0 saturated heterocycles. The number of nitrogens with two attached hydrogens (primary N) is 1. The number of halogens is 3. The lowest BCUT2D eigenvalue weighted by molar-refractivity contribution is -0.0945. The number of rotatable bonds is 1. The molecule has 0 radical (unpaired) electrons. The molecular weight excluding hydrogens is 131 g/mol. The van der Waals surface area contributed by atoms with Crippen LogP contribution in [-0.4, -0.2) is 12.2 Å². The Balaban J connectivity index is 4.06. The van der Waals surface area contributed by atoms with Gasteiger partial charge in [0.2, 0.25) is 0 Å². The molecule has 1 atom stereocenters. The van der Waals surface area contributed by atoms with Gasteiger partial charge < -0.3 is 5.73 Å². The summed E-state index contributed by atoms with van der Waals surface area (Å²) >= 11 is 0. The van der Waals surface area contributed by atoms with Crippen LogP contribution in [0, 0.1) is 0 Å². The molecule has 4 heteroatoms. The van der Waals surface area contributed by atoms with E-state index < -0.39 is 17.8 Å². The fourth-order valence-corrected chi connectivity index (χ4v) is 0.258. The Morgan fingerprint density at radius 1 is 1.56 bits per heavy atom. The summed E-state index contributed by atoms with van der Waals surface area (Å²) in [5.41, 5.74) is 4.02. The van der Waals surface area contributed by atoms with Crippen LogP contribution in [0.4, 0.5) is 13.2 Å². The fraction of sp³-hybridized carbons (Fsp3) is 0.600. The van der Waals surface area contributed by atoms with E-state index in [0.29, 0.717) is 0 Å². The minimum atomic E-state index is -4.34. The molecule has 0 heterocycles. The van der Waals surface area contributed by atoms with Gasteiger partial charge in [-0.05, 0) is 6.92 Å². The first-order chi connectivity index (χ1) is 3.85. The van der Waals surface area contributed by atoms with E-state index in [-0.39, 0.29) is 0 Å². The van der Waals surface area contributed by atoms with Gasteiger partial charge in [-0.1, -0.05) is 6.58 Å². The van der Waals surface area contributed by atoms with E-state index in [0.717, 1.165) is 0 Å². The van der Waals surface area contributed by atoms with Crippen molar-refractivity contribution in [3.05, 3.63) is 12.2 Å². The van der Waals surface area contributed by atoms with E-state index in [1.54, 1.807) is 0 Å². The predicted octanol–water partition coefficient (Wildman–Crippen LogP) is 1.45. The highest BCUT2D eigenvalue weighted by Crippen LogP contribution is 2.25. The SMILES string of the molecule is C=C(C(C)N)C(F)(F)F. The molecule has 0 aliphatic heterocycles. The molecule has 0 bridgehead atoms. The molecule has 0 spiro atoms. The van der Waals surface area contributed by atoms with E-state index in [1.165, 1.54) is 6.92 Å². The van der Waals surface area contributed by atoms with Crippen molar-refractivity contribution >= 4 is 0 Å². The van der Waals surface area contributed by atoms with Crippen LogP contribution in [0.2, 0.25) is 0 Å². The van der Waals surface area contributed by atoms with Crippen LogP contribution in [0.5, 0.6) is 0 Å². The van der Waals surface area contributed by atoms with Crippen molar-refractivity contribution in [1.82, 2.24) is 0 Å². The van der Waals surface area contributed by atoms with Crippen LogP contribution in [0.3, 0.4) is 0 Å². The van der Waals surface area contributed by atoms with E-state index in [9.17, 15) is 13.2 Å². The summed E-state index contributed by atoms with van der Waals surface area (Å²) in [6.07, 6.45) is -4.34. The van der Waals surface area contributed by atoms with Crippen molar-refractivity contribution in [2.24, 2.45) is 5.73 Å². The normalized spacial score (nSPS) is 15.2. The van der Waals surface area contributed by atoms with Gasteiger partial charge in [-0.2, -0.15) is 13.2 Å². The first-order valence-corrected chi connectivity index (χ1v) is 2.37. The average Bonchev–Trinajstić information content (AvgIpc) is 1.62. The molecule has 0 amide bonds. The van der Waals surface area contributed by atoms with Gasteiger partial charge in [0.15, 0.2) is 0 Å². The summed E-state index contributed by atoms with van der Waals surface area (Å²) in [5.74, 6) is 0.